The lowest BCUT2D eigenvalue weighted by atomic mass is 10.0. The van der Waals surface area contributed by atoms with Crippen LogP contribution in [0.3, 0.4) is 0 Å². The van der Waals surface area contributed by atoms with Crippen LogP contribution in [0.1, 0.15) is 29.8 Å². The summed E-state index contributed by atoms with van der Waals surface area (Å²) in [6.07, 6.45) is 0. The molecule has 0 amide bonds. The van der Waals surface area contributed by atoms with Crippen molar-refractivity contribution >= 4 is 17.5 Å². The molecule has 15 heavy (non-hydrogen) atoms. The highest BCUT2D eigenvalue weighted by atomic mass is 16.5. The number of benzene rings is 1. The summed E-state index contributed by atoms with van der Waals surface area (Å²) in [7, 11) is 0. The van der Waals surface area contributed by atoms with Gasteiger partial charge in [-0.15, -0.1) is 0 Å². The molecular weight excluding hydrogens is 192 g/mol. The van der Waals surface area contributed by atoms with E-state index in [4.69, 9.17) is 4.74 Å². The Morgan fingerprint density at radius 1 is 1.13 bits per heavy atom. The number of allylic oxidation sites excluding steroid dienone is 1. The first-order chi connectivity index (χ1) is 7.11. The molecule has 0 unspecified atom stereocenters. The highest BCUT2D eigenvalue weighted by molar-refractivity contribution is 6.09. The van der Waals surface area contributed by atoms with Gasteiger partial charge in [0.15, 0.2) is 5.78 Å². The van der Waals surface area contributed by atoms with Crippen molar-refractivity contribution in [3.8, 4) is 0 Å². The molecule has 0 aromatic heterocycles. The van der Waals surface area contributed by atoms with Gasteiger partial charge in [-0.25, -0.2) is 4.79 Å². The molecule has 1 heterocycles. The smallest absolute Gasteiger partial charge is 0.344 e. The summed E-state index contributed by atoms with van der Waals surface area (Å²) in [6, 6.07) is 7.06. The van der Waals surface area contributed by atoms with Crippen LogP contribution in [0.5, 0.6) is 0 Å². The number of carbonyl (C=O) groups excluding carboxylic acids is 2. The second kappa shape index (κ2) is 3.35. The molecule has 0 fully saturated rings. The Balaban J connectivity index is 2.64. The molecule has 0 atom stereocenters. The molecule has 2 rings (SSSR count). The lowest BCUT2D eigenvalue weighted by Crippen LogP contribution is -1.97. The summed E-state index contributed by atoms with van der Waals surface area (Å²) in [5, 5.41) is 0. The molecule has 3 nitrogen and oxygen atoms in total. The molecule has 1 aromatic carbocycles. The van der Waals surface area contributed by atoms with Gasteiger partial charge in [0.25, 0.3) is 0 Å². The first kappa shape index (κ1) is 9.65. The second-order valence-electron chi connectivity index (χ2n) is 3.45. The van der Waals surface area contributed by atoms with E-state index in [1.807, 2.05) is 6.07 Å². The van der Waals surface area contributed by atoms with Crippen LogP contribution >= 0.6 is 0 Å². The van der Waals surface area contributed by atoms with Crippen molar-refractivity contribution < 1.29 is 14.3 Å². The fourth-order valence-electron chi connectivity index (χ4n) is 1.50. The molecule has 1 aliphatic heterocycles. The predicted molar refractivity (Wildman–Crippen MR) is 55.1 cm³/mol. The number of carbonyl (C=O) groups is 2. The number of hydrogen-bond acceptors (Lipinski definition) is 3. The van der Waals surface area contributed by atoms with Gasteiger partial charge in [-0.05, 0) is 19.9 Å². The fourth-order valence-corrected chi connectivity index (χ4v) is 1.50. The summed E-state index contributed by atoms with van der Waals surface area (Å²) in [5.74, 6) is -0.0844. The van der Waals surface area contributed by atoms with E-state index in [0.717, 1.165) is 0 Å². The maximum absolute atomic E-state index is 11.4. The number of ketones is 1. The molecule has 3 heteroatoms. The highest BCUT2D eigenvalue weighted by Crippen LogP contribution is 2.31. The lowest BCUT2D eigenvalue weighted by Gasteiger charge is -2.01. The van der Waals surface area contributed by atoms with Gasteiger partial charge in [0.05, 0.1) is 5.56 Å². The first-order valence-electron chi connectivity index (χ1n) is 4.64. The molecule has 0 N–H and O–H groups in total. The highest BCUT2D eigenvalue weighted by Gasteiger charge is 2.28. The van der Waals surface area contributed by atoms with Crippen molar-refractivity contribution in [2.75, 3.05) is 0 Å². The molecular formula is C12H10O3. The predicted octanol–water partition coefficient (Wildman–Crippen LogP) is 2.18. The molecule has 76 valence electrons. The third kappa shape index (κ3) is 1.46. The van der Waals surface area contributed by atoms with Gasteiger partial charge in [0, 0.05) is 11.1 Å². The van der Waals surface area contributed by atoms with Gasteiger partial charge in [-0.2, -0.15) is 0 Å². The Morgan fingerprint density at radius 2 is 1.73 bits per heavy atom. The van der Waals surface area contributed by atoms with Gasteiger partial charge >= 0.3 is 5.97 Å². The quantitative estimate of drug-likeness (QED) is 0.517. The molecule has 0 bridgehead atoms. The minimum atomic E-state index is -0.388. The zero-order chi connectivity index (χ0) is 11.0. The maximum atomic E-state index is 11.4. The maximum Gasteiger partial charge on any atom is 0.344 e. The average Bonchev–Trinajstić information content (AvgIpc) is 2.56. The second-order valence-corrected chi connectivity index (χ2v) is 3.45. The van der Waals surface area contributed by atoms with Crippen LogP contribution in [-0.2, 0) is 9.53 Å². The summed E-state index contributed by atoms with van der Waals surface area (Å²) in [6.45, 7) is 3.12. The van der Waals surface area contributed by atoms with E-state index in [9.17, 15) is 9.59 Å². The molecule has 0 saturated carbocycles. The van der Waals surface area contributed by atoms with Crippen molar-refractivity contribution in [1.82, 2.24) is 0 Å². The molecule has 1 aliphatic rings. The van der Waals surface area contributed by atoms with Crippen molar-refractivity contribution in [1.29, 1.82) is 0 Å². The van der Waals surface area contributed by atoms with Crippen LogP contribution < -0.4 is 0 Å². The van der Waals surface area contributed by atoms with Crippen LogP contribution in [0.4, 0.5) is 0 Å². The van der Waals surface area contributed by atoms with Gasteiger partial charge in [0.2, 0.25) is 0 Å². The number of rotatable bonds is 1. The number of fused-ring (bicyclic) bond motifs is 1. The summed E-state index contributed by atoms with van der Waals surface area (Å²) in [5.41, 5.74) is 1.71. The van der Waals surface area contributed by atoms with Crippen molar-refractivity contribution in [2.45, 2.75) is 13.8 Å². The van der Waals surface area contributed by atoms with Gasteiger partial charge < -0.3 is 4.74 Å². The topological polar surface area (TPSA) is 43.4 Å². The average molecular weight is 202 g/mol. The van der Waals surface area contributed by atoms with Crippen molar-refractivity contribution in [3.63, 3.8) is 0 Å². The van der Waals surface area contributed by atoms with Crippen molar-refractivity contribution in [3.05, 3.63) is 41.0 Å². The van der Waals surface area contributed by atoms with Crippen LogP contribution in [0, 0.1) is 0 Å². The molecule has 0 radical (unpaired) electrons. The summed E-state index contributed by atoms with van der Waals surface area (Å²) >= 11 is 0. The molecule has 0 spiro atoms. The van der Waals surface area contributed by atoms with Crippen molar-refractivity contribution in [2.24, 2.45) is 0 Å². The molecule has 0 aliphatic carbocycles. The number of ether oxygens (including phenoxy) is 1. The van der Waals surface area contributed by atoms with E-state index in [1.54, 1.807) is 25.1 Å². The number of hydrogen-bond donors (Lipinski definition) is 0. The number of Topliss-reactive ketones (excluding diaryl/α,β-unsaturated/α-hetero) is 1. The largest absolute Gasteiger partial charge is 0.422 e. The standard InChI is InChI=1S/C12H10O3/c1-7(8(2)13)11-9-5-3-4-6-10(9)12(14)15-11/h3-6H,1-2H3/b11-7-. The molecule has 1 aromatic rings. The Bertz CT molecular complexity index is 483. The third-order valence-electron chi connectivity index (χ3n) is 2.46. The van der Waals surface area contributed by atoms with E-state index >= 15 is 0 Å². The Labute approximate surface area is 87.4 Å². The van der Waals surface area contributed by atoms with Crippen LogP contribution in [0.25, 0.3) is 5.76 Å². The Hall–Kier alpha value is -1.90. The monoisotopic (exact) mass is 202 g/mol. The fraction of sp³-hybridized carbons (Fsp3) is 0.167. The van der Waals surface area contributed by atoms with Gasteiger partial charge in [-0.3, -0.25) is 4.79 Å². The van der Waals surface area contributed by atoms with E-state index < -0.39 is 0 Å². The van der Waals surface area contributed by atoms with E-state index in [2.05, 4.69) is 0 Å². The van der Waals surface area contributed by atoms with Crippen LogP contribution in [0.2, 0.25) is 0 Å². The lowest BCUT2D eigenvalue weighted by molar-refractivity contribution is -0.113. The first-order valence-corrected chi connectivity index (χ1v) is 4.64. The zero-order valence-corrected chi connectivity index (χ0v) is 8.53. The van der Waals surface area contributed by atoms with E-state index in [1.165, 1.54) is 6.92 Å². The normalized spacial score (nSPS) is 17.1. The minimum absolute atomic E-state index is 0.0884. The van der Waals surface area contributed by atoms with Gasteiger partial charge in [-0.1, -0.05) is 18.2 Å². The zero-order valence-electron chi connectivity index (χ0n) is 8.53. The summed E-state index contributed by atoms with van der Waals surface area (Å²) in [4.78, 5) is 22.6. The SMILES string of the molecule is CC(=O)/C(C)=C1\OC(=O)c2ccccc21. The van der Waals surface area contributed by atoms with Crippen LogP contribution in [-0.4, -0.2) is 11.8 Å². The summed E-state index contributed by atoms with van der Waals surface area (Å²) < 4.78 is 5.07. The third-order valence-corrected chi connectivity index (χ3v) is 2.46. The molecule has 0 saturated heterocycles. The van der Waals surface area contributed by atoms with E-state index in [-0.39, 0.29) is 11.8 Å². The van der Waals surface area contributed by atoms with E-state index in [0.29, 0.717) is 22.5 Å². The number of cyclic esters (lactones) is 1. The van der Waals surface area contributed by atoms with Gasteiger partial charge in [0.1, 0.15) is 5.76 Å². The Morgan fingerprint density at radius 3 is 2.33 bits per heavy atom. The Kier molecular flexibility index (Phi) is 2.15. The van der Waals surface area contributed by atoms with Crippen LogP contribution in [0.15, 0.2) is 29.8 Å². The minimum Gasteiger partial charge on any atom is -0.422 e. The number of esters is 1.